The van der Waals surface area contributed by atoms with Gasteiger partial charge in [0.1, 0.15) is 5.82 Å². The minimum absolute atomic E-state index is 0.697. The molecule has 0 amide bonds. The van der Waals surface area contributed by atoms with Gasteiger partial charge in [0.15, 0.2) is 11.6 Å². The molecule has 0 spiro atoms. The zero-order valence-electron chi connectivity index (χ0n) is 75.6. The highest BCUT2D eigenvalue weighted by Crippen LogP contribution is 2.49. The van der Waals surface area contributed by atoms with E-state index < -0.39 is 0 Å². The van der Waals surface area contributed by atoms with Crippen LogP contribution in [0.15, 0.2) is 443 Å². The predicted octanol–water partition coefficient (Wildman–Crippen LogP) is 31.8. The van der Waals surface area contributed by atoms with Crippen molar-refractivity contribution < 1.29 is 0 Å². The molecule has 2 aliphatic rings. The zero-order valence-corrected chi connectivity index (χ0v) is 75.6. The number of hydrogen-bond donors (Lipinski definition) is 0. The van der Waals surface area contributed by atoms with E-state index in [-0.39, 0.29) is 0 Å². The van der Waals surface area contributed by atoms with Crippen LogP contribution < -0.4 is 0 Å². The van der Waals surface area contributed by atoms with Crippen LogP contribution in [0, 0.1) is 48.5 Å². The summed E-state index contributed by atoms with van der Waals surface area (Å²) in [5.74, 6) is 3.04. The number of aromatic nitrogens is 10. The summed E-state index contributed by atoms with van der Waals surface area (Å²) in [5.41, 5.74) is 36.0. The van der Waals surface area contributed by atoms with Crippen molar-refractivity contribution in [1.29, 1.82) is 0 Å². The third kappa shape index (κ3) is 17.7. The summed E-state index contributed by atoms with van der Waals surface area (Å²) in [4.78, 5) is 42.9. The highest BCUT2D eigenvalue weighted by Gasteiger charge is 2.25. The Morgan fingerprint density at radius 2 is 0.537 bits per heavy atom. The maximum Gasteiger partial charge on any atom is 0.235 e. The second kappa shape index (κ2) is 38.2. The molecule has 6 aromatic heterocycles. The van der Waals surface area contributed by atoms with Crippen LogP contribution in [-0.2, 0) is 0 Å². The summed E-state index contributed by atoms with van der Waals surface area (Å²) in [6.45, 7) is 14.6. The first-order valence-corrected chi connectivity index (χ1v) is 45.4. The van der Waals surface area contributed by atoms with Crippen LogP contribution >= 0.6 is 0 Å². The van der Waals surface area contributed by atoms with E-state index in [9.17, 15) is 0 Å². The van der Waals surface area contributed by atoms with Crippen LogP contribution in [-0.4, -0.2) is 49.4 Å². The van der Waals surface area contributed by atoms with Crippen molar-refractivity contribution in [2.45, 2.75) is 48.5 Å². The SMILES string of the molecule is Cc1cc2c3c(cccc3n1)-c1ccccc1-2.Cc1ccc(-c2nc(-c3ccccc3)c3ccccc3n2)cc1.Cc1ccc2c(c1)c1ccccc1n2-c1nc(-c2ccccc2)c2ccccc2n1.Cc1ccc2c3c(cccc13)-c1ccccc1-2.Cc1cccc(-c2nc(-c3ccccc3)c3ccccc3n2)c1.Cc1ccccc1.Cc1nc(-c2ccccc2)c2ccccc2n1. The van der Waals surface area contributed by atoms with Gasteiger partial charge in [-0.15, -0.1) is 0 Å². The Bertz CT molecular complexity index is 8390. The number of hydrogen-bond acceptors (Lipinski definition) is 9. The van der Waals surface area contributed by atoms with Gasteiger partial charge in [-0.1, -0.05) is 404 Å². The molecule has 26 rings (SSSR count). The Balaban J connectivity index is 0.0000000994. The first-order valence-electron chi connectivity index (χ1n) is 45.4. The van der Waals surface area contributed by atoms with E-state index in [1.165, 1.54) is 99.3 Å². The Morgan fingerprint density at radius 1 is 0.179 bits per heavy atom. The Morgan fingerprint density at radius 3 is 1.06 bits per heavy atom. The van der Waals surface area contributed by atoms with Crippen LogP contribution in [0.3, 0.4) is 0 Å². The first-order chi connectivity index (χ1) is 65.9. The predicted molar refractivity (Wildman–Crippen MR) is 559 cm³/mol. The number of pyridine rings is 1. The molecule has 2 aliphatic carbocycles. The fourth-order valence-electron chi connectivity index (χ4n) is 18.1. The second-order valence-corrected chi connectivity index (χ2v) is 33.8. The summed E-state index contributed by atoms with van der Waals surface area (Å²) in [7, 11) is 0. The highest BCUT2D eigenvalue weighted by molar-refractivity contribution is 6.17. The maximum atomic E-state index is 5.09. The van der Waals surface area contributed by atoms with Gasteiger partial charge >= 0.3 is 0 Å². The molecule has 640 valence electrons. The van der Waals surface area contributed by atoms with Crippen LogP contribution in [0.4, 0.5) is 0 Å². The molecule has 0 unspecified atom stereocenters. The average molecular weight is 1720 g/mol. The molecule has 10 nitrogen and oxygen atoms in total. The molecule has 24 aromatic rings. The second-order valence-electron chi connectivity index (χ2n) is 33.8. The summed E-state index contributed by atoms with van der Waals surface area (Å²) in [6.07, 6.45) is 0. The lowest BCUT2D eigenvalue weighted by atomic mass is 9.99. The fraction of sp³-hybridized carbons (Fsp3) is 0.0565. The molecule has 0 saturated heterocycles. The first kappa shape index (κ1) is 84.9. The number of fused-ring (bicyclic) bond motifs is 13. The van der Waals surface area contributed by atoms with Crippen molar-refractivity contribution >= 4 is 87.1 Å². The van der Waals surface area contributed by atoms with Crippen molar-refractivity contribution in [3.63, 3.8) is 0 Å². The standard InChI is InChI=1S/C27H19N3.2C21H16N2.C17H12.C16H11N.C15H12N2.C7H8/c1-18-15-16-25-22(17-18)20-11-6-8-14-24(20)30(25)27-28-23-13-7-5-12-21(23)26(29-27)19-9-3-2-4-10-19;1-15-8-7-11-17(14-15)21-22-19-13-6-5-12-18(19)20(23-21)16-9-3-2-4-10-16;1-15-11-13-17(14-12-15)21-22-19-10-6-5-9-18(19)20(23-21)16-7-3-2-4-8-16;1-11-9-10-16-14-6-3-2-5-13(14)15-8-4-7-12(11)17(15)16;1-10-9-14-12-6-3-2-5-11(12)13-7-4-8-15(17-10)16(13)14;1-11-16-14-10-6-5-9-13(14)15(17-11)12-7-3-2-4-8-12;1-7-5-3-2-4-6-7/h2-17H,1H3;2*2-14H,1H3;2-10H,1H3;2-9H,1H3;2-10H,1H3;2-6H,1H3. The summed E-state index contributed by atoms with van der Waals surface area (Å²) < 4.78 is 2.18. The lowest BCUT2D eigenvalue weighted by Gasteiger charge is -2.11. The van der Waals surface area contributed by atoms with Gasteiger partial charge in [-0.05, 0) is 170 Å². The van der Waals surface area contributed by atoms with Crippen LogP contribution in [0.25, 0.3) is 205 Å². The fourth-order valence-corrected chi connectivity index (χ4v) is 18.1. The molecule has 134 heavy (non-hydrogen) atoms. The van der Waals surface area contributed by atoms with Crippen molar-refractivity contribution in [2.75, 3.05) is 0 Å². The Labute approximate surface area is 780 Å². The van der Waals surface area contributed by atoms with Crippen molar-refractivity contribution in [3.8, 4) is 118 Å². The minimum Gasteiger partial charge on any atom is -0.278 e. The topological polar surface area (TPSA) is 121 Å². The van der Waals surface area contributed by atoms with Gasteiger partial charge in [-0.3, -0.25) is 9.55 Å². The highest BCUT2D eigenvalue weighted by atomic mass is 15.2. The van der Waals surface area contributed by atoms with E-state index in [0.29, 0.717) is 5.95 Å². The molecule has 0 atom stereocenters. The quantitative estimate of drug-likeness (QED) is 0.154. The molecule has 0 N–H and O–H groups in total. The van der Waals surface area contributed by atoms with Gasteiger partial charge < -0.3 is 0 Å². The maximum absolute atomic E-state index is 5.09. The van der Waals surface area contributed by atoms with Gasteiger partial charge in [-0.2, -0.15) is 0 Å². The normalized spacial score (nSPS) is 11.1. The molecule has 0 aliphatic heterocycles. The number of nitrogens with zero attached hydrogens (tertiary/aromatic N) is 10. The summed E-state index contributed by atoms with van der Waals surface area (Å²) in [5, 5.41) is 10.9. The largest absolute Gasteiger partial charge is 0.278 e. The van der Waals surface area contributed by atoms with E-state index in [2.05, 4.69) is 352 Å². The number of benzene rings is 18. The van der Waals surface area contributed by atoms with Crippen LogP contribution in [0.5, 0.6) is 0 Å². The van der Waals surface area contributed by atoms with Gasteiger partial charge in [0, 0.05) is 76.8 Å². The lowest BCUT2D eigenvalue weighted by molar-refractivity contribution is 1.01. The van der Waals surface area contributed by atoms with Crippen molar-refractivity contribution in [2.24, 2.45) is 0 Å². The molecule has 10 heteroatoms. The molecular weight excluding hydrogens is 1630 g/mol. The molecule has 18 aromatic carbocycles. The van der Waals surface area contributed by atoms with E-state index in [4.69, 9.17) is 29.9 Å². The third-order valence-electron chi connectivity index (χ3n) is 24.5. The van der Waals surface area contributed by atoms with Crippen molar-refractivity contribution in [3.05, 3.63) is 482 Å². The molecular formula is C124H94N10. The molecule has 6 heterocycles. The van der Waals surface area contributed by atoms with Gasteiger partial charge in [-0.25, -0.2) is 39.9 Å². The average Bonchev–Trinajstić information content (AvgIpc) is 1.59. The molecule has 0 radical (unpaired) electrons. The van der Waals surface area contributed by atoms with E-state index in [1.807, 2.05) is 159 Å². The number of para-hydroxylation sites is 5. The van der Waals surface area contributed by atoms with Crippen LogP contribution in [0.1, 0.15) is 39.3 Å². The van der Waals surface area contributed by atoms with Gasteiger partial charge in [0.2, 0.25) is 5.95 Å². The zero-order chi connectivity index (χ0) is 91.0. The molecule has 0 fully saturated rings. The number of rotatable bonds is 7. The van der Waals surface area contributed by atoms with Gasteiger partial charge in [0.25, 0.3) is 0 Å². The Kier molecular flexibility index (Phi) is 24.2. The van der Waals surface area contributed by atoms with Crippen molar-refractivity contribution in [1.82, 2.24) is 49.4 Å². The molecule has 0 saturated carbocycles. The third-order valence-corrected chi connectivity index (χ3v) is 24.5. The number of aryl methyl sites for hydroxylation is 7. The minimum atomic E-state index is 0.697. The summed E-state index contributed by atoms with van der Waals surface area (Å²) in [6, 6.07) is 153. The molecule has 0 bridgehead atoms. The monoisotopic (exact) mass is 1720 g/mol. The van der Waals surface area contributed by atoms with E-state index in [1.54, 1.807) is 0 Å². The van der Waals surface area contributed by atoms with Crippen LogP contribution in [0.2, 0.25) is 0 Å². The van der Waals surface area contributed by atoms with E-state index in [0.717, 1.165) is 139 Å². The summed E-state index contributed by atoms with van der Waals surface area (Å²) >= 11 is 0. The smallest absolute Gasteiger partial charge is 0.235 e. The lowest BCUT2D eigenvalue weighted by Crippen LogP contribution is -2.03. The van der Waals surface area contributed by atoms with Gasteiger partial charge in [0.05, 0.1) is 61.4 Å². The van der Waals surface area contributed by atoms with E-state index >= 15 is 0 Å². The Hall–Kier alpha value is -17.2.